The van der Waals surface area contributed by atoms with Crippen LogP contribution in [0.15, 0.2) is 36.4 Å². The van der Waals surface area contributed by atoms with Gasteiger partial charge in [-0.2, -0.15) is 18.3 Å². The molecule has 3 N–H and O–H groups in total. The van der Waals surface area contributed by atoms with Gasteiger partial charge in [0.05, 0.1) is 16.8 Å². The van der Waals surface area contributed by atoms with Crippen LogP contribution in [-0.4, -0.2) is 56.3 Å². The predicted octanol–water partition coefficient (Wildman–Crippen LogP) is 4.16. The maximum Gasteiger partial charge on any atom is 0.416 e. The van der Waals surface area contributed by atoms with E-state index in [1.165, 1.54) is 35.6 Å². The summed E-state index contributed by atoms with van der Waals surface area (Å²) in [5, 5.41) is 25.9. The first-order chi connectivity index (χ1) is 17.5. The molecule has 0 spiro atoms. The van der Waals surface area contributed by atoms with Crippen molar-refractivity contribution >= 4 is 18.5 Å². The van der Waals surface area contributed by atoms with E-state index in [0.29, 0.717) is 29.7 Å². The molecule has 0 saturated carbocycles. The molecule has 1 heterocycles. The van der Waals surface area contributed by atoms with Gasteiger partial charge in [0.1, 0.15) is 11.1 Å². The van der Waals surface area contributed by atoms with Gasteiger partial charge >= 0.3 is 6.18 Å². The van der Waals surface area contributed by atoms with Crippen molar-refractivity contribution in [3.8, 4) is 11.3 Å². The smallest absolute Gasteiger partial charge is 0.381 e. The van der Waals surface area contributed by atoms with Gasteiger partial charge in [0.15, 0.2) is 0 Å². The van der Waals surface area contributed by atoms with Crippen LogP contribution < -0.4 is 10.8 Å². The van der Waals surface area contributed by atoms with Crippen LogP contribution in [-0.2, 0) is 15.8 Å². The molecule has 0 bridgehead atoms. The van der Waals surface area contributed by atoms with Crippen molar-refractivity contribution in [2.75, 3.05) is 13.1 Å². The van der Waals surface area contributed by atoms with E-state index in [0.717, 1.165) is 12.1 Å². The van der Waals surface area contributed by atoms with Crippen molar-refractivity contribution in [3.63, 3.8) is 0 Å². The fourth-order valence-electron chi connectivity index (χ4n) is 3.79. The molecule has 0 atom stereocenters. The maximum absolute atomic E-state index is 13.0. The van der Waals surface area contributed by atoms with Crippen LogP contribution in [0.3, 0.4) is 0 Å². The van der Waals surface area contributed by atoms with Crippen LogP contribution in [0.1, 0.15) is 65.0 Å². The summed E-state index contributed by atoms with van der Waals surface area (Å²) in [5.41, 5.74) is -1.38. The quantitative estimate of drug-likeness (QED) is 0.375. The number of amides is 2. The predicted molar refractivity (Wildman–Crippen MR) is 139 cm³/mol. The van der Waals surface area contributed by atoms with Crippen molar-refractivity contribution in [1.29, 1.82) is 5.41 Å². The number of carbonyl (C=O) groups excluding carboxylic acids is 2. The van der Waals surface area contributed by atoms with Crippen LogP contribution in [0.2, 0.25) is 0 Å². The number of aromatic nitrogens is 2. The Morgan fingerprint density at radius 3 is 2.29 bits per heavy atom. The molecule has 0 unspecified atom stereocenters. The van der Waals surface area contributed by atoms with Gasteiger partial charge in [0.25, 0.3) is 5.91 Å². The second-order valence-corrected chi connectivity index (χ2v) is 10.6. The second kappa shape index (κ2) is 11.9. The SMILES string of the molecule is CC(C)c1cc(-c2ccc(C(F)(F)F)cc2)nn(/C=C/CCN(CC(C)(C)NC=O)C(=O)C(C)(C)O)c1=N. The maximum atomic E-state index is 13.0. The molecule has 38 heavy (non-hydrogen) atoms. The first-order valence-electron chi connectivity index (χ1n) is 12.2. The summed E-state index contributed by atoms with van der Waals surface area (Å²) in [7, 11) is 0. The molecular formula is C27H36F3N5O3. The molecule has 0 saturated heterocycles. The molecule has 208 valence electrons. The lowest BCUT2D eigenvalue weighted by molar-refractivity contribution is -0.149. The lowest BCUT2D eigenvalue weighted by Crippen LogP contribution is -2.54. The third kappa shape index (κ3) is 8.27. The summed E-state index contributed by atoms with van der Waals surface area (Å²) in [4.78, 5) is 25.2. The monoisotopic (exact) mass is 535 g/mol. The number of rotatable bonds is 11. The molecule has 2 aromatic rings. The Morgan fingerprint density at radius 1 is 1.18 bits per heavy atom. The number of hydrogen-bond donors (Lipinski definition) is 3. The van der Waals surface area contributed by atoms with Crippen LogP contribution in [0.4, 0.5) is 13.2 Å². The van der Waals surface area contributed by atoms with E-state index >= 15 is 0 Å². The zero-order valence-corrected chi connectivity index (χ0v) is 22.6. The third-order valence-electron chi connectivity index (χ3n) is 5.80. The van der Waals surface area contributed by atoms with Crippen molar-refractivity contribution in [3.05, 3.63) is 53.0 Å². The number of aliphatic hydroxyl groups is 1. The zero-order chi connectivity index (χ0) is 28.9. The number of carbonyl (C=O) groups is 2. The molecular weight excluding hydrogens is 499 g/mol. The number of benzene rings is 1. The first kappa shape index (κ1) is 30.8. The topological polar surface area (TPSA) is 111 Å². The summed E-state index contributed by atoms with van der Waals surface area (Å²) >= 11 is 0. The molecule has 0 aliphatic carbocycles. The van der Waals surface area contributed by atoms with Gasteiger partial charge in [-0.25, -0.2) is 4.68 Å². The van der Waals surface area contributed by atoms with Crippen molar-refractivity contribution < 1.29 is 27.9 Å². The molecule has 0 fully saturated rings. The Hall–Kier alpha value is -3.47. The van der Waals surface area contributed by atoms with E-state index in [-0.39, 0.29) is 24.5 Å². The van der Waals surface area contributed by atoms with Crippen LogP contribution in [0.5, 0.6) is 0 Å². The molecule has 1 aromatic carbocycles. The first-order valence-corrected chi connectivity index (χ1v) is 12.2. The lowest BCUT2D eigenvalue weighted by Gasteiger charge is -2.35. The number of hydrogen-bond acceptors (Lipinski definition) is 5. The molecule has 0 aliphatic heterocycles. The Morgan fingerprint density at radius 2 is 1.79 bits per heavy atom. The van der Waals surface area contributed by atoms with Gasteiger partial charge in [0, 0.05) is 30.4 Å². The van der Waals surface area contributed by atoms with Crippen molar-refractivity contribution in [1.82, 2.24) is 20.0 Å². The largest absolute Gasteiger partial charge is 0.416 e. The van der Waals surface area contributed by atoms with E-state index in [1.54, 1.807) is 32.2 Å². The minimum absolute atomic E-state index is 0.0363. The molecule has 11 heteroatoms. The van der Waals surface area contributed by atoms with Gasteiger partial charge in [-0.3, -0.25) is 15.0 Å². The lowest BCUT2D eigenvalue weighted by atomic mass is 10.0. The van der Waals surface area contributed by atoms with Gasteiger partial charge in [-0.1, -0.05) is 32.1 Å². The standard InChI is InChI=1S/C27H36F3N5O3/c1-18(2)21-15-22(19-9-11-20(12-10-19)27(28,29)30)33-35(23(21)31)14-8-7-13-34(24(37)26(5,6)38)16-25(3,4)32-17-36/h8-12,14-15,17-18,31,38H,7,13,16H2,1-6H3,(H,32,36)/b14-8+,31-23?. The zero-order valence-electron chi connectivity index (χ0n) is 22.6. The Bertz CT molecular complexity index is 1210. The number of alkyl halides is 3. The number of halogens is 3. The van der Waals surface area contributed by atoms with E-state index in [2.05, 4.69) is 10.4 Å². The highest BCUT2D eigenvalue weighted by Gasteiger charge is 2.32. The van der Waals surface area contributed by atoms with E-state index in [1.807, 2.05) is 13.8 Å². The molecule has 0 radical (unpaired) electrons. The Labute approximate surface area is 220 Å². The highest BCUT2D eigenvalue weighted by molar-refractivity contribution is 5.84. The molecule has 8 nitrogen and oxygen atoms in total. The molecule has 1 aromatic heterocycles. The highest BCUT2D eigenvalue weighted by Crippen LogP contribution is 2.30. The summed E-state index contributed by atoms with van der Waals surface area (Å²) in [6, 6.07) is 6.39. The molecule has 0 aliphatic rings. The molecule has 2 rings (SSSR count). The van der Waals surface area contributed by atoms with Crippen LogP contribution in [0.25, 0.3) is 17.5 Å². The fraction of sp³-hybridized carbons (Fsp3) is 0.481. The summed E-state index contributed by atoms with van der Waals surface area (Å²) in [6.45, 7) is 10.5. The minimum Gasteiger partial charge on any atom is -0.381 e. The second-order valence-electron chi connectivity index (χ2n) is 10.6. The minimum atomic E-state index is -4.44. The summed E-state index contributed by atoms with van der Waals surface area (Å²) in [6.07, 6.45) is -0.239. The third-order valence-corrected chi connectivity index (χ3v) is 5.80. The van der Waals surface area contributed by atoms with E-state index in [9.17, 15) is 27.9 Å². The fourth-order valence-corrected chi connectivity index (χ4v) is 3.79. The summed E-state index contributed by atoms with van der Waals surface area (Å²) < 4.78 is 40.3. The van der Waals surface area contributed by atoms with Crippen LogP contribution in [0, 0.1) is 5.41 Å². The van der Waals surface area contributed by atoms with Gasteiger partial charge in [-0.15, -0.1) is 0 Å². The Kier molecular flexibility index (Phi) is 9.66. The van der Waals surface area contributed by atoms with Gasteiger partial charge < -0.3 is 15.3 Å². The average Bonchev–Trinajstić information content (AvgIpc) is 2.80. The number of nitrogens with zero attached hydrogens (tertiary/aromatic N) is 3. The average molecular weight is 536 g/mol. The summed E-state index contributed by atoms with van der Waals surface area (Å²) in [5.74, 6) is -0.532. The van der Waals surface area contributed by atoms with Crippen molar-refractivity contribution in [2.24, 2.45) is 0 Å². The van der Waals surface area contributed by atoms with Gasteiger partial charge in [-0.05, 0) is 58.2 Å². The van der Waals surface area contributed by atoms with Crippen molar-refractivity contribution in [2.45, 2.75) is 71.2 Å². The number of nitrogens with one attached hydrogen (secondary N) is 2. The molecule has 2 amide bonds. The van der Waals surface area contributed by atoms with E-state index < -0.39 is 28.8 Å². The van der Waals surface area contributed by atoms with Gasteiger partial charge in [0.2, 0.25) is 6.41 Å². The normalized spacial score (nSPS) is 12.7. The van der Waals surface area contributed by atoms with E-state index in [4.69, 9.17) is 5.41 Å². The Balaban J connectivity index is 2.33. The highest BCUT2D eigenvalue weighted by atomic mass is 19.4. The van der Waals surface area contributed by atoms with Crippen LogP contribution >= 0.6 is 0 Å².